The first kappa shape index (κ1) is 18.5. The Bertz CT molecular complexity index is 1190. The van der Waals surface area contributed by atoms with Crippen molar-refractivity contribution in [2.75, 3.05) is 5.75 Å². The molecule has 4 rings (SSSR count). The maximum Gasteiger partial charge on any atom is 0.272 e. The smallest absolute Gasteiger partial charge is 0.272 e. The number of H-pyrrole nitrogens is 1. The first-order valence-electron chi connectivity index (χ1n) is 8.67. The molecule has 0 aliphatic heterocycles. The molecule has 7 heteroatoms. The number of rotatable bonds is 7. The van der Waals surface area contributed by atoms with E-state index in [1.54, 1.807) is 29.0 Å². The highest BCUT2D eigenvalue weighted by molar-refractivity contribution is 7.99. The molecule has 0 aliphatic carbocycles. The molecule has 3 aromatic heterocycles. The van der Waals surface area contributed by atoms with Crippen molar-refractivity contribution in [2.24, 2.45) is 0 Å². The van der Waals surface area contributed by atoms with Crippen LogP contribution in [0.5, 0.6) is 0 Å². The molecule has 0 spiro atoms. The van der Waals surface area contributed by atoms with Crippen molar-refractivity contribution < 1.29 is 4.79 Å². The summed E-state index contributed by atoms with van der Waals surface area (Å²) in [6, 6.07) is 15.4. The molecule has 0 fully saturated rings. The number of aromatic nitrogens is 3. The van der Waals surface area contributed by atoms with E-state index in [1.165, 1.54) is 23.1 Å². The number of hydrogen-bond acceptors (Lipinski definition) is 5. The normalized spacial score (nSPS) is 11.0. The zero-order valence-electron chi connectivity index (χ0n) is 14.9. The van der Waals surface area contributed by atoms with Crippen LogP contribution in [0.1, 0.15) is 10.5 Å². The van der Waals surface area contributed by atoms with E-state index >= 15 is 0 Å². The van der Waals surface area contributed by atoms with Gasteiger partial charge in [-0.1, -0.05) is 48.2 Å². The molecular formula is C21H17N3O2S2. The fraction of sp³-hybridized carbons (Fsp3) is 0.0952. The van der Waals surface area contributed by atoms with Crippen LogP contribution in [0.4, 0.5) is 0 Å². The minimum Gasteiger partial charge on any atom is -0.359 e. The molecule has 5 nitrogen and oxygen atoms in total. The van der Waals surface area contributed by atoms with Crippen LogP contribution in [0, 0.1) is 0 Å². The Morgan fingerprint density at radius 3 is 2.79 bits per heavy atom. The van der Waals surface area contributed by atoms with E-state index in [1.807, 2.05) is 36.4 Å². The maximum absolute atomic E-state index is 13.0. The van der Waals surface area contributed by atoms with Crippen molar-refractivity contribution in [2.45, 2.75) is 11.7 Å². The lowest BCUT2D eigenvalue weighted by molar-refractivity contribution is 0.101. The second-order valence-electron chi connectivity index (χ2n) is 6.09. The monoisotopic (exact) mass is 407 g/mol. The second kappa shape index (κ2) is 8.00. The van der Waals surface area contributed by atoms with Gasteiger partial charge in [-0.2, -0.15) is 0 Å². The molecule has 28 heavy (non-hydrogen) atoms. The van der Waals surface area contributed by atoms with Gasteiger partial charge in [-0.3, -0.25) is 14.2 Å². The maximum atomic E-state index is 13.0. The highest BCUT2D eigenvalue weighted by atomic mass is 32.2. The largest absolute Gasteiger partial charge is 0.359 e. The minimum absolute atomic E-state index is 0.0372. The number of fused-ring (bicyclic) bond motifs is 1. The van der Waals surface area contributed by atoms with E-state index < -0.39 is 0 Å². The third kappa shape index (κ3) is 3.58. The fourth-order valence-corrected chi connectivity index (χ4v) is 4.79. The van der Waals surface area contributed by atoms with Crippen molar-refractivity contribution in [1.29, 1.82) is 0 Å². The molecule has 0 atom stereocenters. The lowest BCUT2D eigenvalue weighted by Gasteiger charge is -2.09. The van der Waals surface area contributed by atoms with Crippen molar-refractivity contribution in [3.8, 4) is 10.4 Å². The Morgan fingerprint density at radius 2 is 2.07 bits per heavy atom. The molecule has 1 aromatic carbocycles. The lowest BCUT2D eigenvalue weighted by atomic mass is 10.2. The van der Waals surface area contributed by atoms with Gasteiger partial charge >= 0.3 is 0 Å². The summed E-state index contributed by atoms with van der Waals surface area (Å²) in [5.41, 5.74) is 2.15. The van der Waals surface area contributed by atoms with Gasteiger partial charge in [0.1, 0.15) is 4.70 Å². The number of carbonyl (C=O) groups excluding carboxylic acids is 1. The lowest BCUT2D eigenvalue weighted by Crippen LogP contribution is -2.22. The molecule has 1 N–H and O–H groups in total. The third-order valence-corrected chi connectivity index (χ3v) is 6.34. The third-order valence-electron chi connectivity index (χ3n) is 4.20. The first-order valence-corrected chi connectivity index (χ1v) is 10.5. The Labute approximate surface area is 169 Å². The van der Waals surface area contributed by atoms with E-state index in [9.17, 15) is 9.59 Å². The molecule has 140 valence electrons. The van der Waals surface area contributed by atoms with Crippen LogP contribution in [0.3, 0.4) is 0 Å². The number of Topliss-reactive ketones (excluding diaryl/α,β-unsaturated/α-hetero) is 1. The first-order chi connectivity index (χ1) is 13.7. The van der Waals surface area contributed by atoms with E-state index in [0.29, 0.717) is 27.6 Å². The minimum atomic E-state index is -0.105. The van der Waals surface area contributed by atoms with Crippen LogP contribution in [0.2, 0.25) is 0 Å². The summed E-state index contributed by atoms with van der Waals surface area (Å²) >= 11 is 2.70. The molecule has 0 amide bonds. The highest BCUT2D eigenvalue weighted by Crippen LogP contribution is 2.32. The average Bonchev–Trinajstić information content (AvgIpc) is 3.39. The quantitative estimate of drug-likeness (QED) is 0.210. The van der Waals surface area contributed by atoms with Gasteiger partial charge in [-0.25, -0.2) is 4.98 Å². The summed E-state index contributed by atoms with van der Waals surface area (Å²) in [7, 11) is 0. The molecule has 0 saturated carbocycles. The van der Waals surface area contributed by atoms with Crippen molar-refractivity contribution >= 4 is 39.1 Å². The van der Waals surface area contributed by atoms with E-state index in [0.717, 1.165) is 10.4 Å². The van der Waals surface area contributed by atoms with Crippen molar-refractivity contribution in [1.82, 2.24) is 14.5 Å². The van der Waals surface area contributed by atoms with Gasteiger partial charge < -0.3 is 4.98 Å². The standard InChI is InChI=1S/C21H17N3O2S2/c1-2-11-24-20(26)19-16(12-18(28-19)14-7-4-3-5-8-14)23-21(24)27-13-17(25)15-9-6-10-22-15/h2-10,12,22H,1,11,13H2. The van der Waals surface area contributed by atoms with Gasteiger partial charge in [0.2, 0.25) is 0 Å². The molecule has 0 radical (unpaired) electrons. The number of carbonyl (C=O) groups is 1. The van der Waals surface area contributed by atoms with Gasteiger partial charge in [0.25, 0.3) is 5.56 Å². The van der Waals surface area contributed by atoms with E-state index in [4.69, 9.17) is 0 Å². The van der Waals surface area contributed by atoms with E-state index in [2.05, 4.69) is 16.5 Å². The number of thioether (sulfide) groups is 1. The SMILES string of the molecule is C=CCn1c(SCC(=O)c2ccc[nH]2)nc2cc(-c3ccccc3)sc2c1=O. The van der Waals surface area contributed by atoms with Gasteiger partial charge in [0.15, 0.2) is 10.9 Å². The average molecular weight is 408 g/mol. The predicted octanol–water partition coefficient (Wildman–Crippen LogP) is 4.61. The summed E-state index contributed by atoms with van der Waals surface area (Å²) in [5.74, 6) is 0.162. The summed E-state index contributed by atoms with van der Waals surface area (Å²) in [4.78, 5) is 33.9. The summed E-state index contributed by atoms with van der Waals surface area (Å²) < 4.78 is 2.19. The molecule has 0 aliphatic rings. The summed E-state index contributed by atoms with van der Waals surface area (Å²) in [5, 5.41) is 0.523. The van der Waals surface area contributed by atoms with Crippen LogP contribution in [0.25, 0.3) is 20.7 Å². The zero-order chi connectivity index (χ0) is 19.5. The molecule has 3 heterocycles. The number of hydrogen-bond donors (Lipinski definition) is 1. The number of benzene rings is 1. The van der Waals surface area contributed by atoms with Gasteiger partial charge in [-0.05, 0) is 23.8 Å². The fourth-order valence-electron chi connectivity index (χ4n) is 2.85. The Kier molecular flexibility index (Phi) is 5.27. The zero-order valence-corrected chi connectivity index (χ0v) is 16.6. The number of aromatic amines is 1. The van der Waals surface area contributed by atoms with E-state index in [-0.39, 0.29) is 17.1 Å². The number of nitrogens with one attached hydrogen (secondary N) is 1. The molecular weight excluding hydrogens is 390 g/mol. The summed E-state index contributed by atoms with van der Waals surface area (Å²) in [6.07, 6.45) is 3.38. The van der Waals surface area contributed by atoms with Crippen LogP contribution in [-0.2, 0) is 6.54 Å². The Morgan fingerprint density at radius 1 is 1.25 bits per heavy atom. The summed E-state index contributed by atoms with van der Waals surface area (Å²) in [6.45, 7) is 4.09. The second-order valence-corrected chi connectivity index (χ2v) is 8.08. The number of nitrogens with zero attached hydrogens (tertiary/aromatic N) is 2. The van der Waals surface area contributed by atoms with Gasteiger partial charge in [0.05, 0.1) is 17.0 Å². The van der Waals surface area contributed by atoms with Crippen LogP contribution >= 0.6 is 23.1 Å². The molecule has 0 unspecified atom stereocenters. The molecule has 0 bridgehead atoms. The Balaban J connectivity index is 1.72. The van der Waals surface area contributed by atoms with Crippen molar-refractivity contribution in [3.63, 3.8) is 0 Å². The van der Waals surface area contributed by atoms with Crippen LogP contribution in [0.15, 0.2) is 77.3 Å². The Hall–Kier alpha value is -2.90. The topological polar surface area (TPSA) is 67.8 Å². The van der Waals surface area contributed by atoms with Crippen LogP contribution in [-0.4, -0.2) is 26.1 Å². The molecule has 0 saturated heterocycles. The molecule has 4 aromatic rings. The van der Waals surface area contributed by atoms with Gasteiger partial charge in [0, 0.05) is 17.6 Å². The van der Waals surface area contributed by atoms with Crippen LogP contribution < -0.4 is 5.56 Å². The number of allylic oxidation sites excluding steroid dienone is 1. The highest BCUT2D eigenvalue weighted by Gasteiger charge is 2.16. The van der Waals surface area contributed by atoms with Crippen molar-refractivity contribution in [3.05, 3.63) is 83.4 Å². The van der Waals surface area contributed by atoms with Gasteiger partial charge in [-0.15, -0.1) is 17.9 Å². The number of ketones is 1. The predicted molar refractivity (Wildman–Crippen MR) is 115 cm³/mol. The number of thiophene rings is 1.